The number of nitrogens with zero attached hydrogens (tertiary/aromatic N) is 1. The van der Waals surface area contributed by atoms with Crippen LogP contribution in [0.25, 0.3) is 0 Å². The standard InChI is InChI=1S/C12H24N2O2/c1-9(2)10-5-6-14(7-10)8-11(13-3)12(15)16-4/h9-11,13H,5-8H2,1-4H3. The summed E-state index contributed by atoms with van der Waals surface area (Å²) in [6, 6.07) is -0.198. The summed E-state index contributed by atoms with van der Waals surface area (Å²) in [5.74, 6) is 1.34. The predicted molar refractivity (Wildman–Crippen MR) is 64.2 cm³/mol. The largest absolute Gasteiger partial charge is 0.468 e. The number of hydrogen-bond acceptors (Lipinski definition) is 4. The molecule has 0 aromatic rings. The zero-order valence-electron chi connectivity index (χ0n) is 10.8. The van der Waals surface area contributed by atoms with Crippen LogP contribution in [0.4, 0.5) is 0 Å². The number of hydrogen-bond donors (Lipinski definition) is 1. The summed E-state index contributed by atoms with van der Waals surface area (Å²) in [4.78, 5) is 13.8. The Labute approximate surface area is 98.3 Å². The van der Waals surface area contributed by atoms with Crippen molar-refractivity contribution in [2.24, 2.45) is 11.8 Å². The summed E-state index contributed by atoms with van der Waals surface area (Å²) in [5.41, 5.74) is 0. The topological polar surface area (TPSA) is 41.6 Å². The van der Waals surface area contributed by atoms with Gasteiger partial charge in [-0.1, -0.05) is 13.8 Å². The molecule has 0 aliphatic carbocycles. The fourth-order valence-corrected chi connectivity index (χ4v) is 2.26. The average molecular weight is 228 g/mol. The Morgan fingerprint density at radius 1 is 1.56 bits per heavy atom. The Hall–Kier alpha value is -0.610. The number of rotatable bonds is 5. The zero-order valence-corrected chi connectivity index (χ0v) is 10.8. The van der Waals surface area contributed by atoms with E-state index in [0.717, 1.165) is 31.5 Å². The van der Waals surface area contributed by atoms with E-state index in [9.17, 15) is 4.79 Å². The van der Waals surface area contributed by atoms with Gasteiger partial charge in [-0.15, -0.1) is 0 Å². The van der Waals surface area contributed by atoms with Gasteiger partial charge in [0.1, 0.15) is 6.04 Å². The summed E-state index contributed by atoms with van der Waals surface area (Å²) in [6.45, 7) is 7.49. The molecule has 4 nitrogen and oxygen atoms in total. The first-order valence-corrected chi connectivity index (χ1v) is 6.06. The average Bonchev–Trinajstić information content (AvgIpc) is 2.73. The van der Waals surface area contributed by atoms with Gasteiger partial charge >= 0.3 is 5.97 Å². The lowest BCUT2D eigenvalue weighted by Gasteiger charge is -2.22. The first-order valence-electron chi connectivity index (χ1n) is 6.06. The smallest absolute Gasteiger partial charge is 0.324 e. The maximum Gasteiger partial charge on any atom is 0.324 e. The maximum atomic E-state index is 11.4. The van der Waals surface area contributed by atoms with Gasteiger partial charge in [-0.3, -0.25) is 4.79 Å². The van der Waals surface area contributed by atoms with Crippen LogP contribution in [0.1, 0.15) is 20.3 Å². The van der Waals surface area contributed by atoms with E-state index in [1.54, 1.807) is 7.05 Å². The van der Waals surface area contributed by atoms with E-state index >= 15 is 0 Å². The monoisotopic (exact) mass is 228 g/mol. The molecule has 0 aromatic carbocycles. The zero-order chi connectivity index (χ0) is 12.1. The highest BCUT2D eigenvalue weighted by Crippen LogP contribution is 2.23. The van der Waals surface area contributed by atoms with Crippen molar-refractivity contribution >= 4 is 5.97 Å². The van der Waals surface area contributed by atoms with E-state index in [2.05, 4.69) is 24.1 Å². The van der Waals surface area contributed by atoms with Crippen molar-refractivity contribution in [1.82, 2.24) is 10.2 Å². The van der Waals surface area contributed by atoms with E-state index in [4.69, 9.17) is 4.74 Å². The number of esters is 1. The normalized spacial score (nSPS) is 23.7. The highest BCUT2D eigenvalue weighted by Gasteiger charge is 2.28. The van der Waals surface area contributed by atoms with Crippen LogP contribution < -0.4 is 5.32 Å². The number of ether oxygens (including phenoxy) is 1. The fourth-order valence-electron chi connectivity index (χ4n) is 2.26. The molecular formula is C12H24N2O2. The molecule has 2 atom stereocenters. The molecule has 0 bridgehead atoms. The van der Waals surface area contributed by atoms with Crippen LogP contribution in [0.3, 0.4) is 0 Å². The van der Waals surface area contributed by atoms with Crippen molar-refractivity contribution in [1.29, 1.82) is 0 Å². The highest BCUT2D eigenvalue weighted by atomic mass is 16.5. The lowest BCUT2D eigenvalue weighted by molar-refractivity contribution is -0.143. The second kappa shape index (κ2) is 6.21. The lowest BCUT2D eigenvalue weighted by atomic mass is 9.95. The minimum absolute atomic E-state index is 0.171. The second-order valence-corrected chi connectivity index (χ2v) is 4.92. The minimum Gasteiger partial charge on any atom is -0.468 e. The fraction of sp³-hybridized carbons (Fsp3) is 0.917. The number of likely N-dealkylation sites (tertiary alicyclic amines) is 1. The molecule has 0 saturated carbocycles. The van der Waals surface area contributed by atoms with Crippen molar-refractivity contribution in [3.05, 3.63) is 0 Å². The predicted octanol–water partition coefficient (Wildman–Crippen LogP) is 0.725. The summed E-state index contributed by atoms with van der Waals surface area (Å²) in [7, 11) is 3.24. The van der Waals surface area contributed by atoms with Crippen molar-refractivity contribution in [2.45, 2.75) is 26.3 Å². The van der Waals surface area contributed by atoms with E-state index in [1.807, 2.05) is 0 Å². The van der Waals surface area contributed by atoms with E-state index in [0.29, 0.717) is 0 Å². The highest BCUT2D eigenvalue weighted by molar-refractivity contribution is 5.75. The van der Waals surface area contributed by atoms with Crippen LogP contribution in [0.2, 0.25) is 0 Å². The third-order valence-electron chi connectivity index (χ3n) is 3.53. The van der Waals surface area contributed by atoms with Crippen molar-refractivity contribution in [2.75, 3.05) is 33.8 Å². The van der Waals surface area contributed by atoms with Gasteiger partial charge in [-0.25, -0.2) is 0 Å². The molecule has 16 heavy (non-hydrogen) atoms. The molecule has 0 aromatic heterocycles. The Morgan fingerprint density at radius 3 is 2.69 bits per heavy atom. The molecule has 1 heterocycles. The molecule has 1 aliphatic rings. The van der Waals surface area contributed by atoms with Crippen LogP contribution in [-0.4, -0.2) is 50.7 Å². The maximum absolute atomic E-state index is 11.4. The van der Waals surface area contributed by atoms with E-state index in [-0.39, 0.29) is 12.0 Å². The molecule has 1 rings (SSSR count). The molecule has 1 N–H and O–H groups in total. The molecule has 4 heteroatoms. The molecule has 94 valence electrons. The van der Waals surface area contributed by atoms with Gasteiger partial charge in [-0.05, 0) is 31.8 Å². The molecule has 1 saturated heterocycles. The van der Waals surface area contributed by atoms with Crippen LogP contribution in [0.5, 0.6) is 0 Å². The van der Waals surface area contributed by atoms with Crippen LogP contribution in [0, 0.1) is 11.8 Å². The van der Waals surface area contributed by atoms with Gasteiger partial charge in [0.05, 0.1) is 7.11 Å². The first-order chi connectivity index (χ1) is 7.58. The number of carbonyl (C=O) groups excluding carboxylic acids is 1. The molecule has 1 fully saturated rings. The van der Waals surface area contributed by atoms with Crippen molar-refractivity contribution < 1.29 is 9.53 Å². The van der Waals surface area contributed by atoms with Crippen molar-refractivity contribution in [3.8, 4) is 0 Å². The Bertz CT molecular complexity index is 231. The van der Waals surface area contributed by atoms with Crippen LogP contribution in [-0.2, 0) is 9.53 Å². The Balaban J connectivity index is 2.40. The van der Waals surface area contributed by atoms with E-state index < -0.39 is 0 Å². The minimum atomic E-state index is -0.198. The van der Waals surface area contributed by atoms with Crippen LogP contribution >= 0.6 is 0 Å². The van der Waals surface area contributed by atoms with Gasteiger partial charge in [0, 0.05) is 13.1 Å². The SMILES string of the molecule is CNC(CN1CCC(C(C)C)C1)C(=O)OC. The molecule has 0 radical (unpaired) electrons. The molecule has 0 amide bonds. The van der Waals surface area contributed by atoms with Gasteiger partial charge in [0.2, 0.25) is 0 Å². The van der Waals surface area contributed by atoms with Gasteiger partial charge in [-0.2, -0.15) is 0 Å². The molecule has 0 spiro atoms. The molecule has 2 unspecified atom stereocenters. The number of methoxy groups -OCH3 is 1. The number of carbonyl (C=O) groups is 1. The van der Waals surface area contributed by atoms with E-state index in [1.165, 1.54) is 13.5 Å². The first kappa shape index (κ1) is 13.5. The van der Waals surface area contributed by atoms with Gasteiger partial charge < -0.3 is 15.0 Å². The number of nitrogens with one attached hydrogen (secondary N) is 1. The Kier molecular flexibility index (Phi) is 5.22. The van der Waals surface area contributed by atoms with Crippen LogP contribution in [0.15, 0.2) is 0 Å². The van der Waals surface area contributed by atoms with Gasteiger partial charge in [0.25, 0.3) is 0 Å². The van der Waals surface area contributed by atoms with Crippen molar-refractivity contribution in [3.63, 3.8) is 0 Å². The molecular weight excluding hydrogens is 204 g/mol. The number of likely N-dealkylation sites (N-methyl/N-ethyl adjacent to an activating group) is 1. The second-order valence-electron chi connectivity index (χ2n) is 4.92. The summed E-state index contributed by atoms with van der Waals surface area (Å²) in [5, 5.41) is 3.01. The third kappa shape index (κ3) is 3.46. The summed E-state index contributed by atoms with van der Waals surface area (Å²) < 4.78 is 4.76. The summed E-state index contributed by atoms with van der Waals surface area (Å²) >= 11 is 0. The third-order valence-corrected chi connectivity index (χ3v) is 3.53. The lowest BCUT2D eigenvalue weighted by Crippen LogP contribution is -2.44. The quantitative estimate of drug-likeness (QED) is 0.704. The summed E-state index contributed by atoms with van der Waals surface area (Å²) in [6.07, 6.45) is 1.25. The Morgan fingerprint density at radius 2 is 2.25 bits per heavy atom. The molecule has 1 aliphatic heterocycles. The van der Waals surface area contributed by atoms with Gasteiger partial charge in [0.15, 0.2) is 0 Å².